The Balaban J connectivity index is 1.33. The van der Waals surface area contributed by atoms with E-state index in [1.807, 2.05) is 0 Å². The molecule has 2 heterocycles. The molecular weight excluding hydrogens is 435 g/mol. The van der Waals surface area contributed by atoms with E-state index < -0.39 is 12.1 Å². The Labute approximate surface area is 180 Å². The second-order valence-electron chi connectivity index (χ2n) is 7.07. The molecule has 0 aliphatic carbocycles. The maximum Gasteiger partial charge on any atom is 0.471 e. The van der Waals surface area contributed by atoms with Gasteiger partial charge in [-0.3, -0.25) is 4.79 Å². The maximum absolute atomic E-state index is 12.6. The number of halogens is 4. The molecule has 3 aromatic rings. The van der Waals surface area contributed by atoms with Crippen molar-refractivity contribution in [3.8, 4) is 17.1 Å². The van der Waals surface area contributed by atoms with Crippen molar-refractivity contribution in [2.24, 2.45) is 0 Å². The van der Waals surface area contributed by atoms with E-state index in [2.05, 4.69) is 14.7 Å². The van der Waals surface area contributed by atoms with Gasteiger partial charge in [0, 0.05) is 42.1 Å². The largest absolute Gasteiger partial charge is 0.490 e. The lowest BCUT2D eigenvalue weighted by molar-refractivity contribution is -0.159. The van der Waals surface area contributed by atoms with Crippen molar-refractivity contribution in [1.82, 2.24) is 15.0 Å². The summed E-state index contributed by atoms with van der Waals surface area (Å²) in [5.74, 6) is -1.03. The lowest BCUT2D eigenvalue weighted by Crippen LogP contribution is -2.41. The highest BCUT2D eigenvalue weighted by atomic mass is 35.5. The molecule has 0 spiro atoms. The monoisotopic (exact) mass is 451 g/mol. The fraction of sp³-hybridized carbons (Fsp3) is 0.286. The van der Waals surface area contributed by atoms with Crippen molar-refractivity contribution in [2.45, 2.75) is 25.1 Å². The number of ether oxygens (including phenoxy) is 1. The molecule has 1 aromatic heterocycles. The molecule has 1 fully saturated rings. The van der Waals surface area contributed by atoms with Crippen LogP contribution in [-0.2, 0) is 6.18 Å². The number of carbonyl (C=O) groups is 1. The molecule has 1 aliphatic rings. The van der Waals surface area contributed by atoms with Gasteiger partial charge in [0.25, 0.3) is 5.91 Å². The van der Waals surface area contributed by atoms with Crippen molar-refractivity contribution in [2.75, 3.05) is 13.1 Å². The molecule has 1 amide bonds. The highest BCUT2D eigenvalue weighted by molar-refractivity contribution is 6.30. The Morgan fingerprint density at radius 3 is 2.45 bits per heavy atom. The lowest BCUT2D eigenvalue weighted by Gasteiger charge is -2.32. The standard InChI is InChI=1S/C21H17ClF3N3O3/c22-15-3-1-2-14(12-15)19(29)28-10-8-17(9-11-28)30-16-6-4-13(5-7-16)18-26-20(31-27-18)21(23,24)25/h1-7,12,17H,8-11H2. The van der Waals surface area contributed by atoms with Crippen molar-refractivity contribution in [3.05, 3.63) is 65.0 Å². The van der Waals surface area contributed by atoms with Gasteiger partial charge < -0.3 is 14.2 Å². The van der Waals surface area contributed by atoms with E-state index in [9.17, 15) is 18.0 Å². The number of carbonyl (C=O) groups excluding carboxylic acids is 1. The Morgan fingerprint density at radius 1 is 1.13 bits per heavy atom. The first-order valence-corrected chi connectivity index (χ1v) is 9.90. The summed E-state index contributed by atoms with van der Waals surface area (Å²) in [4.78, 5) is 17.7. The van der Waals surface area contributed by atoms with E-state index in [1.165, 1.54) is 0 Å². The summed E-state index contributed by atoms with van der Waals surface area (Å²) in [5.41, 5.74) is 0.936. The van der Waals surface area contributed by atoms with Crippen LogP contribution in [0.25, 0.3) is 11.4 Å². The summed E-state index contributed by atoms with van der Waals surface area (Å²) >= 11 is 5.96. The number of piperidine rings is 1. The summed E-state index contributed by atoms with van der Waals surface area (Å²) in [6, 6.07) is 13.3. The molecule has 4 rings (SSSR count). The van der Waals surface area contributed by atoms with Crippen LogP contribution in [0.1, 0.15) is 29.1 Å². The molecule has 10 heteroatoms. The Morgan fingerprint density at radius 2 is 1.84 bits per heavy atom. The minimum absolute atomic E-state index is 0.0661. The Hall–Kier alpha value is -3.07. The predicted octanol–water partition coefficient (Wildman–Crippen LogP) is 5.09. The number of likely N-dealkylation sites (tertiary alicyclic amines) is 1. The van der Waals surface area contributed by atoms with Gasteiger partial charge in [0.2, 0.25) is 5.82 Å². The number of amides is 1. The maximum atomic E-state index is 12.6. The molecule has 1 saturated heterocycles. The van der Waals surface area contributed by atoms with Crippen LogP contribution in [0, 0.1) is 0 Å². The highest BCUT2D eigenvalue weighted by Gasteiger charge is 2.38. The third-order valence-corrected chi connectivity index (χ3v) is 5.12. The quantitative estimate of drug-likeness (QED) is 0.552. The molecule has 0 atom stereocenters. The molecule has 0 saturated carbocycles. The number of hydrogen-bond acceptors (Lipinski definition) is 5. The fourth-order valence-corrected chi connectivity index (χ4v) is 3.50. The van der Waals surface area contributed by atoms with Crippen molar-refractivity contribution < 1.29 is 27.2 Å². The van der Waals surface area contributed by atoms with Crippen LogP contribution in [0.3, 0.4) is 0 Å². The summed E-state index contributed by atoms with van der Waals surface area (Å²) in [5, 5.41) is 3.88. The molecule has 0 bridgehead atoms. The van der Waals surface area contributed by atoms with Crippen LogP contribution in [0.15, 0.2) is 53.1 Å². The molecule has 1 aliphatic heterocycles. The van der Waals surface area contributed by atoms with Crippen LogP contribution in [0.4, 0.5) is 13.2 Å². The summed E-state index contributed by atoms with van der Waals surface area (Å²) in [7, 11) is 0. The SMILES string of the molecule is O=C(c1cccc(Cl)c1)N1CCC(Oc2ccc(-c3noc(C(F)(F)F)n3)cc2)CC1. The van der Waals surface area contributed by atoms with Crippen molar-refractivity contribution in [3.63, 3.8) is 0 Å². The van der Waals surface area contributed by atoms with Crippen LogP contribution in [0.2, 0.25) is 5.02 Å². The molecule has 162 valence electrons. The Bertz CT molecular complexity index is 1060. The normalized spacial score (nSPS) is 15.2. The smallest absolute Gasteiger partial charge is 0.471 e. The molecule has 0 N–H and O–H groups in total. The molecule has 0 unspecified atom stereocenters. The highest BCUT2D eigenvalue weighted by Crippen LogP contribution is 2.30. The van der Waals surface area contributed by atoms with E-state index in [4.69, 9.17) is 16.3 Å². The van der Waals surface area contributed by atoms with Gasteiger partial charge in [-0.2, -0.15) is 18.2 Å². The van der Waals surface area contributed by atoms with Gasteiger partial charge in [-0.25, -0.2) is 0 Å². The zero-order valence-electron chi connectivity index (χ0n) is 16.1. The first kappa shape index (κ1) is 21.2. The number of rotatable bonds is 4. The van der Waals surface area contributed by atoms with Gasteiger partial charge in [0.1, 0.15) is 11.9 Å². The zero-order valence-corrected chi connectivity index (χ0v) is 16.9. The second kappa shape index (κ2) is 8.58. The molecule has 0 radical (unpaired) electrons. The van der Waals surface area contributed by atoms with E-state index >= 15 is 0 Å². The van der Waals surface area contributed by atoms with Crippen LogP contribution >= 0.6 is 11.6 Å². The summed E-state index contributed by atoms with van der Waals surface area (Å²) in [6.45, 7) is 1.11. The molecular formula is C21H17ClF3N3O3. The van der Waals surface area contributed by atoms with Gasteiger partial charge in [-0.05, 0) is 42.5 Å². The van der Waals surface area contributed by atoms with Crippen LogP contribution in [-0.4, -0.2) is 40.1 Å². The number of alkyl halides is 3. The molecule has 2 aromatic carbocycles. The number of benzene rings is 2. The van der Waals surface area contributed by atoms with Gasteiger partial charge in [-0.15, -0.1) is 0 Å². The minimum Gasteiger partial charge on any atom is -0.490 e. The number of aromatic nitrogens is 2. The third kappa shape index (κ3) is 4.99. The topological polar surface area (TPSA) is 68.5 Å². The molecule has 6 nitrogen and oxygen atoms in total. The fourth-order valence-electron chi connectivity index (χ4n) is 3.31. The van der Waals surface area contributed by atoms with Gasteiger partial charge in [0.15, 0.2) is 0 Å². The van der Waals surface area contributed by atoms with E-state index in [1.54, 1.807) is 53.4 Å². The van der Waals surface area contributed by atoms with E-state index in [0.29, 0.717) is 47.8 Å². The summed E-state index contributed by atoms with van der Waals surface area (Å²) < 4.78 is 48.0. The average Bonchev–Trinajstić information content (AvgIpc) is 3.25. The second-order valence-corrected chi connectivity index (χ2v) is 7.50. The average molecular weight is 452 g/mol. The number of nitrogens with zero attached hydrogens (tertiary/aromatic N) is 3. The van der Waals surface area contributed by atoms with Gasteiger partial charge in [-0.1, -0.05) is 22.8 Å². The van der Waals surface area contributed by atoms with Crippen molar-refractivity contribution in [1.29, 1.82) is 0 Å². The van der Waals surface area contributed by atoms with Crippen LogP contribution in [0.5, 0.6) is 5.75 Å². The zero-order chi connectivity index (χ0) is 22.0. The van der Waals surface area contributed by atoms with E-state index in [-0.39, 0.29) is 17.8 Å². The number of hydrogen-bond donors (Lipinski definition) is 0. The van der Waals surface area contributed by atoms with Gasteiger partial charge >= 0.3 is 12.1 Å². The van der Waals surface area contributed by atoms with E-state index in [0.717, 1.165) is 0 Å². The summed E-state index contributed by atoms with van der Waals surface area (Å²) in [6.07, 6.45) is -3.43. The van der Waals surface area contributed by atoms with Gasteiger partial charge in [0.05, 0.1) is 0 Å². The minimum atomic E-state index is -4.68. The lowest BCUT2D eigenvalue weighted by atomic mass is 10.1. The first-order valence-electron chi connectivity index (χ1n) is 9.52. The molecule has 31 heavy (non-hydrogen) atoms. The van der Waals surface area contributed by atoms with Crippen molar-refractivity contribution >= 4 is 17.5 Å². The Kier molecular flexibility index (Phi) is 5.86. The third-order valence-electron chi connectivity index (χ3n) is 4.88. The first-order chi connectivity index (χ1) is 14.8. The van der Waals surface area contributed by atoms with Crippen LogP contribution < -0.4 is 4.74 Å². The predicted molar refractivity (Wildman–Crippen MR) is 106 cm³/mol.